The van der Waals surface area contributed by atoms with E-state index in [-0.39, 0.29) is 6.10 Å². The van der Waals surface area contributed by atoms with Crippen molar-refractivity contribution in [1.29, 1.82) is 0 Å². The summed E-state index contributed by atoms with van der Waals surface area (Å²) < 4.78 is 0. The predicted octanol–water partition coefficient (Wildman–Crippen LogP) is 2.83. The number of aliphatic hydroxyl groups excluding tert-OH is 1. The van der Waals surface area contributed by atoms with Crippen LogP contribution >= 0.6 is 0 Å². The second kappa shape index (κ2) is 4.27. The first-order valence-electron chi connectivity index (χ1n) is 5.33. The summed E-state index contributed by atoms with van der Waals surface area (Å²) in [6.07, 6.45) is 4.82. The van der Waals surface area contributed by atoms with Crippen molar-refractivity contribution < 1.29 is 5.11 Å². The third-order valence-electron chi connectivity index (χ3n) is 3.41. The van der Waals surface area contributed by atoms with E-state index < -0.39 is 0 Å². The highest BCUT2D eigenvalue weighted by molar-refractivity contribution is 4.80. The first kappa shape index (κ1) is 10.0. The van der Waals surface area contributed by atoms with E-state index in [1.807, 2.05) is 0 Å². The van der Waals surface area contributed by atoms with Crippen molar-refractivity contribution in [2.45, 2.75) is 52.6 Å². The fourth-order valence-corrected chi connectivity index (χ4v) is 2.40. The lowest BCUT2D eigenvalue weighted by molar-refractivity contribution is 0.0220. The van der Waals surface area contributed by atoms with Crippen LogP contribution in [-0.2, 0) is 0 Å². The number of aliphatic hydroxyl groups is 1. The molecule has 1 aliphatic carbocycles. The maximum Gasteiger partial charge on any atom is 0.0573 e. The van der Waals surface area contributed by atoms with Crippen LogP contribution in [0.2, 0.25) is 0 Å². The predicted molar refractivity (Wildman–Crippen MR) is 52.0 cm³/mol. The van der Waals surface area contributed by atoms with Gasteiger partial charge in [0.05, 0.1) is 6.10 Å². The maximum absolute atomic E-state index is 9.84. The van der Waals surface area contributed by atoms with Gasteiger partial charge in [-0.25, -0.2) is 0 Å². The third-order valence-corrected chi connectivity index (χ3v) is 3.41. The SMILES string of the molecule is CC[C@@H]1CC[C@@H](C(C)C)[C@H](O)C1. The standard InChI is InChI=1S/C11H22O/c1-4-9-5-6-10(8(2)3)11(12)7-9/h8-12H,4-7H2,1-3H3/t9-,10+,11-/m1/s1. The van der Waals surface area contributed by atoms with Crippen molar-refractivity contribution >= 4 is 0 Å². The summed E-state index contributed by atoms with van der Waals surface area (Å²) in [4.78, 5) is 0. The topological polar surface area (TPSA) is 20.2 Å². The van der Waals surface area contributed by atoms with Crippen molar-refractivity contribution in [2.24, 2.45) is 17.8 Å². The lowest BCUT2D eigenvalue weighted by Crippen LogP contribution is -2.32. The molecule has 0 radical (unpaired) electrons. The Morgan fingerprint density at radius 2 is 2.00 bits per heavy atom. The molecule has 1 heteroatoms. The summed E-state index contributed by atoms with van der Waals surface area (Å²) in [5.41, 5.74) is 0. The van der Waals surface area contributed by atoms with Gasteiger partial charge in [0.2, 0.25) is 0 Å². The molecule has 3 atom stereocenters. The summed E-state index contributed by atoms with van der Waals surface area (Å²) >= 11 is 0. The number of rotatable bonds is 2. The van der Waals surface area contributed by atoms with Gasteiger partial charge in [-0.1, -0.05) is 27.2 Å². The highest BCUT2D eigenvalue weighted by Gasteiger charge is 2.29. The summed E-state index contributed by atoms with van der Waals surface area (Å²) in [5, 5.41) is 9.84. The zero-order valence-electron chi connectivity index (χ0n) is 8.59. The fraction of sp³-hybridized carbons (Fsp3) is 1.00. The van der Waals surface area contributed by atoms with E-state index in [0.717, 1.165) is 12.3 Å². The largest absolute Gasteiger partial charge is 0.393 e. The van der Waals surface area contributed by atoms with Gasteiger partial charge in [-0.3, -0.25) is 0 Å². The summed E-state index contributed by atoms with van der Waals surface area (Å²) in [5.74, 6) is 2.00. The monoisotopic (exact) mass is 170 g/mol. The number of hydrogen-bond donors (Lipinski definition) is 1. The minimum atomic E-state index is -0.0244. The lowest BCUT2D eigenvalue weighted by Gasteiger charge is -2.35. The molecule has 1 rings (SSSR count). The highest BCUT2D eigenvalue weighted by atomic mass is 16.3. The van der Waals surface area contributed by atoms with Crippen molar-refractivity contribution in [3.8, 4) is 0 Å². The van der Waals surface area contributed by atoms with Crippen LogP contribution < -0.4 is 0 Å². The van der Waals surface area contributed by atoms with Crippen LogP contribution in [0.4, 0.5) is 0 Å². The molecule has 0 aromatic rings. The second-order valence-electron chi connectivity index (χ2n) is 4.56. The molecule has 0 aliphatic heterocycles. The maximum atomic E-state index is 9.84. The molecule has 0 spiro atoms. The average molecular weight is 170 g/mol. The van der Waals surface area contributed by atoms with E-state index in [4.69, 9.17) is 0 Å². The van der Waals surface area contributed by atoms with Gasteiger partial charge in [-0.05, 0) is 37.0 Å². The van der Waals surface area contributed by atoms with Gasteiger partial charge in [-0.15, -0.1) is 0 Å². The van der Waals surface area contributed by atoms with Crippen LogP contribution in [0.15, 0.2) is 0 Å². The first-order valence-corrected chi connectivity index (χ1v) is 5.33. The Balaban J connectivity index is 2.42. The molecule has 1 fully saturated rings. The van der Waals surface area contributed by atoms with Gasteiger partial charge in [0, 0.05) is 0 Å². The Bertz CT molecular complexity index is 131. The zero-order valence-corrected chi connectivity index (χ0v) is 8.59. The number of hydrogen-bond acceptors (Lipinski definition) is 1. The summed E-state index contributed by atoms with van der Waals surface area (Å²) in [6.45, 7) is 6.67. The van der Waals surface area contributed by atoms with Crippen LogP contribution in [-0.4, -0.2) is 11.2 Å². The molecule has 0 aromatic heterocycles. The molecule has 1 saturated carbocycles. The molecular weight excluding hydrogens is 148 g/mol. The van der Waals surface area contributed by atoms with E-state index in [1.165, 1.54) is 19.3 Å². The van der Waals surface area contributed by atoms with Crippen LogP contribution in [0, 0.1) is 17.8 Å². The molecule has 1 nitrogen and oxygen atoms in total. The normalized spacial score (nSPS) is 37.2. The van der Waals surface area contributed by atoms with E-state index in [1.54, 1.807) is 0 Å². The van der Waals surface area contributed by atoms with E-state index in [9.17, 15) is 5.11 Å². The van der Waals surface area contributed by atoms with E-state index in [2.05, 4.69) is 20.8 Å². The summed E-state index contributed by atoms with van der Waals surface area (Å²) in [7, 11) is 0. The molecule has 1 aliphatic rings. The summed E-state index contributed by atoms with van der Waals surface area (Å²) in [6, 6.07) is 0. The zero-order chi connectivity index (χ0) is 9.14. The van der Waals surface area contributed by atoms with Crippen molar-refractivity contribution in [1.82, 2.24) is 0 Å². The Labute approximate surface area is 76.2 Å². The Morgan fingerprint density at radius 3 is 2.42 bits per heavy atom. The molecule has 0 unspecified atom stereocenters. The molecule has 12 heavy (non-hydrogen) atoms. The molecular formula is C11H22O. The minimum Gasteiger partial charge on any atom is -0.393 e. The van der Waals surface area contributed by atoms with Crippen molar-refractivity contribution in [3.63, 3.8) is 0 Å². The molecule has 0 heterocycles. The van der Waals surface area contributed by atoms with Crippen LogP contribution in [0.1, 0.15) is 46.5 Å². The van der Waals surface area contributed by atoms with E-state index >= 15 is 0 Å². The molecule has 72 valence electrons. The van der Waals surface area contributed by atoms with Gasteiger partial charge in [0.1, 0.15) is 0 Å². The third kappa shape index (κ3) is 2.22. The van der Waals surface area contributed by atoms with Gasteiger partial charge in [0.25, 0.3) is 0 Å². The average Bonchev–Trinajstić information content (AvgIpc) is 2.03. The highest BCUT2D eigenvalue weighted by Crippen LogP contribution is 2.34. The lowest BCUT2D eigenvalue weighted by atomic mass is 9.74. The Hall–Kier alpha value is -0.0400. The van der Waals surface area contributed by atoms with E-state index in [0.29, 0.717) is 11.8 Å². The van der Waals surface area contributed by atoms with Crippen molar-refractivity contribution in [2.75, 3.05) is 0 Å². The quantitative estimate of drug-likeness (QED) is 0.675. The van der Waals surface area contributed by atoms with Gasteiger partial charge >= 0.3 is 0 Å². The van der Waals surface area contributed by atoms with Crippen molar-refractivity contribution in [3.05, 3.63) is 0 Å². The molecule has 0 saturated heterocycles. The molecule has 0 amide bonds. The van der Waals surface area contributed by atoms with Crippen LogP contribution in [0.25, 0.3) is 0 Å². The molecule has 0 aromatic carbocycles. The van der Waals surface area contributed by atoms with Gasteiger partial charge in [0.15, 0.2) is 0 Å². The Kier molecular flexibility index (Phi) is 3.57. The minimum absolute atomic E-state index is 0.0244. The van der Waals surface area contributed by atoms with Gasteiger partial charge in [-0.2, -0.15) is 0 Å². The second-order valence-corrected chi connectivity index (χ2v) is 4.56. The smallest absolute Gasteiger partial charge is 0.0573 e. The fourth-order valence-electron chi connectivity index (χ4n) is 2.40. The first-order chi connectivity index (χ1) is 5.65. The van der Waals surface area contributed by atoms with Crippen LogP contribution in [0.5, 0.6) is 0 Å². The van der Waals surface area contributed by atoms with Gasteiger partial charge < -0.3 is 5.11 Å². The van der Waals surface area contributed by atoms with Crippen LogP contribution in [0.3, 0.4) is 0 Å². The Morgan fingerprint density at radius 1 is 1.33 bits per heavy atom. The molecule has 1 N–H and O–H groups in total. The molecule has 0 bridgehead atoms.